The number of benzene rings is 1. The number of aromatic nitrogens is 1. The normalized spacial score (nSPS) is 17.8. The van der Waals surface area contributed by atoms with E-state index in [1.165, 1.54) is 6.07 Å². The number of aromatic amines is 1. The maximum absolute atomic E-state index is 13.2. The van der Waals surface area contributed by atoms with Crippen LogP contribution < -0.4 is 15.2 Å². The fourth-order valence-corrected chi connectivity index (χ4v) is 4.96. The number of pyridine rings is 1. The van der Waals surface area contributed by atoms with Gasteiger partial charge in [0.15, 0.2) is 0 Å². The molecule has 0 fully saturated rings. The number of carboxylic acids is 1. The van der Waals surface area contributed by atoms with Crippen LogP contribution in [0.4, 0.5) is 14.5 Å². The highest BCUT2D eigenvalue weighted by Gasteiger charge is 2.38. The van der Waals surface area contributed by atoms with E-state index in [-0.39, 0.29) is 22.6 Å². The van der Waals surface area contributed by atoms with Crippen molar-refractivity contribution in [1.29, 1.82) is 0 Å². The fourth-order valence-electron chi connectivity index (χ4n) is 4.96. The van der Waals surface area contributed by atoms with Crippen molar-refractivity contribution in [2.24, 2.45) is 5.41 Å². The third-order valence-electron chi connectivity index (χ3n) is 6.40. The van der Waals surface area contributed by atoms with Crippen LogP contribution in [0, 0.1) is 5.41 Å². The van der Waals surface area contributed by atoms with Gasteiger partial charge in [0.2, 0.25) is 0 Å². The molecule has 0 amide bonds. The van der Waals surface area contributed by atoms with E-state index in [0.717, 1.165) is 30.5 Å². The molecule has 4 rings (SSSR count). The highest BCUT2D eigenvalue weighted by molar-refractivity contribution is 5.89. The Labute approximate surface area is 178 Å². The van der Waals surface area contributed by atoms with Crippen molar-refractivity contribution in [1.82, 2.24) is 4.98 Å². The van der Waals surface area contributed by atoms with Gasteiger partial charge in [0.25, 0.3) is 5.56 Å². The Balaban J connectivity index is 2.05. The van der Waals surface area contributed by atoms with Gasteiger partial charge in [-0.05, 0) is 59.4 Å². The number of nitrogens with zero attached hydrogens (tertiary/aromatic N) is 1. The third-order valence-corrected chi connectivity index (χ3v) is 6.40. The molecule has 2 aromatic rings. The topological polar surface area (TPSA) is 82.6 Å². The minimum Gasteiger partial charge on any atom is -0.477 e. The van der Waals surface area contributed by atoms with Crippen molar-refractivity contribution in [2.45, 2.75) is 52.6 Å². The number of H-pyrrole nitrogens is 1. The molecule has 2 N–H and O–H groups in total. The van der Waals surface area contributed by atoms with E-state index in [4.69, 9.17) is 4.74 Å². The van der Waals surface area contributed by atoms with Crippen LogP contribution in [-0.2, 0) is 12.8 Å². The molecule has 1 aromatic carbocycles. The Bertz CT molecular complexity index is 1120. The molecule has 1 atom stereocenters. The lowest BCUT2D eigenvalue weighted by Gasteiger charge is -2.40. The second-order valence-corrected chi connectivity index (χ2v) is 9.40. The number of anilines is 1. The lowest BCUT2D eigenvalue weighted by Crippen LogP contribution is -2.31. The zero-order valence-corrected chi connectivity index (χ0v) is 18.0. The average molecular weight is 432 g/mol. The number of hydrogen-bond acceptors (Lipinski definition) is 4. The Morgan fingerprint density at radius 3 is 2.61 bits per heavy atom. The van der Waals surface area contributed by atoms with Crippen molar-refractivity contribution in [3.05, 3.63) is 44.7 Å². The Kier molecular flexibility index (Phi) is 5.06. The van der Waals surface area contributed by atoms with Gasteiger partial charge in [0.05, 0.1) is 11.4 Å². The lowest BCUT2D eigenvalue weighted by atomic mass is 9.67. The van der Waals surface area contributed by atoms with Gasteiger partial charge in [-0.15, -0.1) is 0 Å². The maximum atomic E-state index is 13.2. The molecule has 31 heavy (non-hydrogen) atoms. The number of nitrogens with one attached hydrogen (secondary N) is 1. The maximum Gasteiger partial charge on any atom is 0.387 e. The molecule has 0 spiro atoms. The van der Waals surface area contributed by atoms with Gasteiger partial charge in [-0.1, -0.05) is 20.8 Å². The highest BCUT2D eigenvalue weighted by Crippen LogP contribution is 2.51. The Hall–Kier alpha value is -2.90. The van der Waals surface area contributed by atoms with E-state index < -0.39 is 18.1 Å². The van der Waals surface area contributed by atoms with Crippen molar-refractivity contribution in [2.75, 3.05) is 18.5 Å². The van der Waals surface area contributed by atoms with Crippen LogP contribution in [0.1, 0.15) is 60.2 Å². The van der Waals surface area contributed by atoms with Crippen molar-refractivity contribution in [3.63, 3.8) is 0 Å². The van der Waals surface area contributed by atoms with E-state index in [2.05, 4.69) is 25.8 Å². The summed E-state index contributed by atoms with van der Waals surface area (Å²) in [5, 5.41) is 9.45. The number of hydrogen-bond donors (Lipinski definition) is 2. The van der Waals surface area contributed by atoms with Crippen LogP contribution >= 0.6 is 0 Å². The second kappa shape index (κ2) is 7.35. The predicted molar refractivity (Wildman–Crippen MR) is 114 cm³/mol. The SMILES string of the molecule is CN1CCCc2c3c(cc(OC(F)F)c21)-c1[nH]c(=O)c(C(=O)O)cc1C(C(C)(C)C)C3. The standard InChI is InChI=1S/C23H26F2N2O4/c1-23(2,3)16-9-12-11-6-5-7-27(4)19(11)17(31-22(24)25)10-13(12)18-14(16)8-15(21(29)30)20(28)26-18/h8,10,16,22H,5-7,9H2,1-4H3,(H,26,28)(H,29,30). The summed E-state index contributed by atoms with van der Waals surface area (Å²) in [7, 11) is 1.86. The fraction of sp³-hybridized carbons (Fsp3) is 0.478. The molecule has 1 unspecified atom stereocenters. The van der Waals surface area contributed by atoms with Gasteiger partial charge < -0.3 is 19.7 Å². The molecule has 2 heterocycles. The zero-order valence-electron chi connectivity index (χ0n) is 18.0. The van der Waals surface area contributed by atoms with Gasteiger partial charge in [0, 0.05) is 19.2 Å². The summed E-state index contributed by atoms with van der Waals surface area (Å²) >= 11 is 0. The zero-order chi connectivity index (χ0) is 22.7. The van der Waals surface area contributed by atoms with Crippen LogP contribution in [0.25, 0.3) is 11.3 Å². The van der Waals surface area contributed by atoms with Gasteiger partial charge in [-0.2, -0.15) is 8.78 Å². The molecular weight excluding hydrogens is 406 g/mol. The summed E-state index contributed by atoms with van der Waals surface area (Å²) < 4.78 is 31.3. The molecule has 1 aliphatic heterocycles. The molecule has 0 saturated carbocycles. The number of carboxylic acid groups (broad SMARTS) is 1. The molecule has 1 aromatic heterocycles. The van der Waals surface area contributed by atoms with E-state index in [1.807, 2.05) is 11.9 Å². The summed E-state index contributed by atoms with van der Waals surface area (Å²) in [6.07, 6.45) is 2.24. The van der Waals surface area contributed by atoms with Crippen molar-refractivity contribution >= 4 is 11.7 Å². The summed E-state index contributed by atoms with van der Waals surface area (Å²) in [6.45, 7) is 3.99. The van der Waals surface area contributed by atoms with E-state index in [0.29, 0.717) is 28.9 Å². The second-order valence-electron chi connectivity index (χ2n) is 9.40. The van der Waals surface area contributed by atoms with E-state index in [1.54, 1.807) is 6.07 Å². The first-order chi connectivity index (χ1) is 14.5. The summed E-state index contributed by atoms with van der Waals surface area (Å²) in [4.78, 5) is 28.8. The molecule has 6 nitrogen and oxygen atoms in total. The Morgan fingerprint density at radius 1 is 1.29 bits per heavy atom. The summed E-state index contributed by atoms with van der Waals surface area (Å²) in [5.74, 6) is -1.27. The van der Waals surface area contributed by atoms with Gasteiger partial charge in [-0.3, -0.25) is 4.79 Å². The number of ether oxygens (including phenoxy) is 1. The monoisotopic (exact) mass is 432 g/mol. The quantitative estimate of drug-likeness (QED) is 0.751. The first kappa shape index (κ1) is 21.3. The largest absolute Gasteiger partial charge is 0.477 e. The minimum absolute atomic E-state index is 0.0526. The summed E-state index contributed by atoms with van der Waals surface area (Å²) in [6, 6.07) is 3.00. The minimum atomic E-state index is -2.98. The number of alkyl halides is 2. The van der Waals surface area contributed by atoms with Crippen LogP contribution in [0.3, 0.4) is 0 Å². The Morgan fingerprint density at radius 2 is 2.00 bits per heavy atom. The number of fused-ring (bicyclic) bond motifs is 5. The van der Waals surface area contributed by atoms with Crippen molar-refractivity contribution in [3.8, 4) is 17.0 Å². The number of aromatic carboxylic acids is 1. The lowest BCUT2D eigenvalue weighted by molar-refractivity contribution is -0.0495. The molecule has 0 bridgehead atoms. The van der Waals surface area contributed by atoms with E-state index in [9.17, 15) is 23.5 Å². The van der Waals surface area contributed by atoms with Crippen molar-refractivity contribution < 1.29 is 23.4 Å². The average Bonchev–Trinajstić information content (AvgIpc) is 2.65. The highest BCUT2D eigenvalue weighted by atomic mass is 19.3. The third kappa shape index (κ3) is 3.58. The van der Waals surface area contributed by atoms with Crippen LogP contribution in [0.5, 0.6) is 5.75 Å². The molecule has 166 valence electrons. The van der Waals surface area contributed by atoms with Crippen LogP contribution in [0.15, 0.2) is 16.9 Å². The van der Waals surface area contributed by atoms with Crippen LogP contribution in [-0.4, -0.2) is 36.3 Å². The molecule has 0 saturated heterocycles. The van der Waals surface area contributed by atoms with Gasteiger partial charge in [-0.25, -0.2) is 4.79 Å². The molecular formula is C23H26F2N2O4. The first-order valence-corrected chi connectivity index (χ1v) is 10.3. The van der Waals surface area contributed by atoms with Crippen LogP contribution in [0.2, 0.25) is 0 Å². The molecule has 8 heteroatoms. The number of carbonyl (C=O) groups is 1. The van der Waals surface area contributed by atoms with Gasteiger partial charge in [0.1, 0.15) is 11.3 Å². The number of halogens is 2. The molecule has 1 aliphatic carbocycles. The first-order valence-electron chi connectivity index (χ1n) is 10.3. The smallest absolute Gasteiger partial charge is 0.387 e. The molecule has 2 aliphatic rings. The number of rotatable bonds is 3. The van der Waals surface area contributed by atoms with Gasteiger partial charge >= 0.3 is 12.6 Å². The predicted octanol–water partition coefficient (Wildman–Crippen LogP) is 4.41. The molecule has 0 radical (unpaired) electrons. The van der Waals surface area contributed by atoms with E-state index >= 15 is 0 Å². The summed E-state index contributed by atoms with van der Waals surface area (Å²) in [5.41, 5.74) is 3.23.